The lowest BCUT2D eigenvalue weighted by Gasteiger charge is -2.09. The predicted octanol–water partition coefficient (Wildman–Crippen LogP) is 3.88. The van der Waals surface area contributed by atoms with Gasteiger partial charge in [-0.15, -0.1) is 5.10 Å². The molecule has 1 aliphatic rings. The molecule has 0 radical (unpaired) electrons. The van der Waals surface area contributed by atoms with E-state index in [2.05, 4.69) is 20.6 Å². The first kappa shape index (κ1) is 21.3. The molecule has 0 spiro atoms. The normalized spacial score (nSPS) is 17.8. The summed E-state index contributed by atoms with van der Waals surface area (Å²) in [7, 11) is 0. The summed E-state index contributed by atoms with van der Waals surface area (Å²) in [6.07, 6.45) is 5.81. The summed E-state index contributed by atoms with van der Waals surface area (Å²) in [5.41, 5.74) is 1.76. The van der Waals surface area contributed by atoms with Crippen LogP contribution in [0.25, 0.3) is 0 Å². The number of amidine groups is 1. The predicted molar refractivity (Wildman–Crippen MR) is 123 cm³/mol. The molecule has 1 saturated heterocycles. The molecule has 1 atom stereocenters. The number of aryl methyl sites for hydroxylation is 1. The van der Waals surface area contributed by atoms with Gasteiger partial charge in [-0.25, -0.2) is 0 Å². The highest BCUT2D eigenvalue weighted by Gasteiger charge is 2.39. The summed E-state index contributed by atoms with van der Waals surface area (Å²) in [4.78, 5) is 25.4. The van der Waals surface area contributed by atoms with Crippen LogP contribution in [-0.2, 0) is 9.59 Å². The number of nitrogens with one attached hydrogen (secondary N) is 1. The average Bonchev–Trinajstić information content (AvgIpc) is 3.53. The Morgan fingerprint density at radius 1 is 1.09 bits per heavy atom. The number of benzene rings is 1. The molecule has 1 unspecified atom stereocenters. The van der Waals surface area contributed by atoms with Crippen LogP contribution in [0, 0.1) is 6.92 Å². The molecular weight excluding hydrogens is 430 g/mol. The van der Waals surface area contributed by atoms with Gasteiger partial charge in [0.15, 0.2) is 0 Å². The summed E-state index contributed by atoms with van der Waals surface area (Å²) < 4.78 is 10.4. The quantitative estimate of drug-likeness (QED) is 0.434. The van der Waals surface area contributed by atoms with Crippen molar-refractivity contribution in [3.8, 4) is 0 Å². The van der Waals surface area contributed by atoms with Gasteiger partial charge in [-0.3, -0.25) is 9.59 Å². The van der Waals surface area contributed by atoms with Gasteiger partial charge >= 0.3 is 0 Å². The van der Waals surface area contributed by atoms with E-state index in [0.717, 1.165) is 22.3 Å². The number of hydrazone groups is 1. The van der Waals surface area contributed by atoms with Crippen LogP contribution in [0.1, 0.15) is 23.5 Å². The lowest BCUT2D eigenvalue weighted by molar-refractivity contribution is -0.128. The molecule has 0 saturated carbocycles. The number of thioether (sulfide) groups is 1. The van der Waals surface area contributed by atoms with Gasteiger partial charge in [0.1, 0.15) is 16.8 Å². The van der Waals surface area contributed by atoms with Crippen molar-refractivity contribution in [3.05, 3.63) is 78.1 Å². The van der Waals surface area contributed by atoms with Crippen molar-refractivity contribution in [3.63, 3.8) is 0 Å². The number of furan rings is 2. The molecule has 2 amide bonds. The van der Waals surface area contributed by atoms with Gasteiger partial charge in [-0.2, -0.15) is 15.2 Å². The minimum Gasteiger partial charge on any atom is -0.463 e. The standard InChI is InChI=1S/C22H19N5O4S/c1-15-6-8-16(9-7-15)25-20(28)12-19-21(29)27(24-14-18-5-3-11-31-18)22(32-19)26-23-13-17-4-2-10-30-17/h2-11,13-14,19H,12H2,1H3,(H,25,28)/b23-13+,24-14+,26-22+. The average molecular weight is 449 g/mol. The first-order chi connectivity index (χ1) is 15.6. The van der Waals surface area contributed by atoms with Gasteiger partial charge in [0.05, 0.1) is 25.0 Å². The molecule has 3 aromatic rings. The second kappa shape index (κ2) is 9.92. The molecule has 4 rings (SSSR count). The lowest BCUT2D eigenvalue weighted by atomic mass is 10.2. The van der Waals surface area contributed by atoms with Crippen LogP contribution in [-0.4, -0.2) is 39.7 Å². The number of carbonyl (C=O) groups excluding carboxylic acids is 2. The second-order valence-electron chi connectivity index (χ2n) is 6.78. The number of nitrogens with zero attached hydrogens (tertiary/aromatic N) is 4. The zero-order chi connectivity index (χ0) is 22.3. The SMILES string of the molecule is Cc1ccc(NC(=O)CC2S/C(=N/N=C/c3ccco3)N(/N=C/c3ccco3)C2=O)cc1. The third-order valence-electron chi connectivity index (χ3n) is 4.33. The van der Waals surface area contributed by atoms with Crippen molar-refractivity contribution in [1.82, 2.24) is 5.01 Å². The van der Waals surface area contributed by atoms with Crippen LogP contribution in [0.5, 0.6) is 0 Å². The number of hydrogen-bond donors (Lipinski definition) is 1. The Labute approximate surface area is 187 Å². The van der Waals surface area contributed by atoms with Crippen molar-refractivity contribution in [2.24, 2.45) is 15.3 Å². The first-order valence-electron chi connectivity index (χ1n) is 9.67. The maximum absolute atomic E-state index is 12.9. The van der Waals surface area contributed by atoms with E-state index in [1.807, 2.05) is 31.2 Å². The van der Waals surface area contributed by atoms with Gasteiger partial charge in [0, 0.05) is 12.1 Å². The summed E-state index contributed by atoms with van der Waals surface area (Å²) >= 11 is 1.12. The Morgan fingerprint density at radius 2 is 1.78 bits per heavy atom. The monoisotopic (exact) mass is 449 g/mol. The molecule has 9 nitrogen and oxygen atoms in total. The summed E-state index contributed by atoms with van der Waals surface area (Å²) in [5, 5.41) is 15.7. The molecular formula is C22H19N5O4S. The third-order valence-corrected chi connectivity index (χ3v) is 5.45. The van der Waals surface area contributed by atoms with E-state index in [9.17, 15) is 9.59 Å². The minimum absolute atomic E-state index is 0.0366. The van der Waals surface area contributed by atoms with Crippen molar-refractivity contribution in [2.75, 3.05) is 5.32 Å². The van der Waals surface area contributed by atoms with Crippen LogP contribution in [0.15, 0.2) is 85.2 Å². The molecule has 1 aromatic carbocycles. The van der Waals surface area contributed by atoms with Gasteiger partial charge in [0.25, 0.3) is 5.91 Å². The second-order valence-corrected chi connectivity index (χ2v) is 7.95. The molecule has 162 valence electrons. The fourth-order valence-corrected chi connectivity index (χ4v) is 3.78. The Bertz CT molecular complexity index is 1150. The van der Waals surface area contributed by atoms with Crippen LogP contribution < -0.4 is 5.32 Å². The molecule has 10 heteroatoms. The highest BCUT2D eigenvalue weighted by molar-refractivity contribution is 8.15. The third kappa shape index (κ3) is 5.41. The van der Waals surface area contributed by atoms with E-state index in [1.54, 1.807) is 24.3 Å². The van der Waals surface area contributed by atoms with E-state index >= 15 is 0 Å². The minimum atomic E-state index is -0.688. The van der Waals surface area contributed by atoms with Gasteiger partial charge in [-0.05, 0) is 43.3 Å². The summed E-state index contributed by atoms with van der Waals surface area (Å²) in [6, 6.07) is 14.3. The zero-order valence-corrected chi connectivity index (χ0v) is 17.9. The first-order valence-corrected chi connectivity index (χ1v) is 10.6. The number of carbonyl (C=O) groups is 2. The van der Waals surface area contributed by atoms with Crippen molar-refractivity contribution >= 4 is 46.9 Å². The lowest BCUT2D eigenvalue weighted by Crippen LogP contribution is -2.29. The van der Waals surface area contributed by atoms with Crippen molar-refractivity contribution < 1.29 is 18.4 Å². The molecule has 1 N–H and O–H groups in total. The molecule has 1 fully saturated rings. The van der Waals surface area contributed by atoms with Crippen molar-refractivity contribution in [2.45, 2.75) is 18.6 Å². The van der Waals surface area contributed by atoms with E-state index in [4.69, 9.17) is 8.83 Å². The number of anilines is 1. The Hall–Kier alpha value is -3.92. The van der Waals surface area contributed by atoms with Crippen molar-refractivity contribution in [1.29, 1.82) is 0 Å². The molecule has 1 aliphatic heterocycles. The fourth-order valence-electron chi connectivity index (χ4n) is 2.76. The summed E-state index contributed by atoms with van der Waals surface area (Å²) in [5.74, 6) is 0.337. The van der Waals surface area contributed by atoms with E-state index in [0.29, 0.717) is 17.2 Å². The smallest absolute Gasteiger partial charge is 0.263 e. The van der Waals surface area contributed by atoms with Gasteiger partial charge in [0.2, 0.25) is 11.1 Å². The van der Waals surface area contributed by atoms with E-state index in [1.165, 1.54) is 25.0 Å². The Balaban J connectivity index is 1.48. The Kier molecular flexibility index (Phi) is 6.61. The largest absolute Gasteiger partial charge is 0.463 e. The maximum atomic E-state index is 12.9. The van der Waals surface area contributed by atoms with E-state index < -0.39 is 5.25 Å². The molecule has 0 aliphatic carbocycles. The number of rotatable bonds is 7. The topological polar surface area (TPSA) is 113 Å². The fraction of sp³-hybridized carbons (Fsp3) is 0.136. The number of amides is 2. The number of hydrogen-bond acceptors (Lipinski definition) is 8. The van der Waals surface area contributed by atoms with Gasteiger partial charge < -0.3 is 14.2 Å². The van der Waals surface area contributed by atoms with Gasteiger partial charge in [-0.1, -0.05) is 29.5 Å². The van der Waals surface area contributed by atoms with Crippen LogP contribution in [0.2, 0.25) is 0 Å². The van der Waals surface area contributed by atoms with E-state index in [-0.39, 0.29) is 23.4 Å². The maximum Gasteiger partial charge on any atom is 0.263 e. The molecule has 2 aromatic heterocycles. The zero-order valence-electron chi connectivity index (χ0n) is 17.0. The molecule has 0 bridgehead atoms. The molecule has 32 heavy (non-hydrogen) atoms. The summed E-state index contributed by atoms with van der Waals surface area (Å²) in [6.45, 7) is 1.96. The Morgan fingerprint density at radius 3 is 2.44 bits per heavy atom. The molecule has 3 heterocycles. The van der Waals surface area contributed by atoms with Crippen LogP contribution in [0.4, 0.5) is 5.69 Å². The highest BCUT2D eigenvalue weighted by Crippen LogP contribution is 2.30. The van der Waals surface area contributed by atoms with Crippen LogP contribution >= 0.6 is 11.8 Å². The highest BCUT2D eigenvalue weighted by atomic mass is 32.2. The van der Waals surface area contributed by atoms with Crippen LogP contribution in [0.3, 0.4) is 0 Å².